The summed E-state index contributed by atoms with van der Waals surface area (Å²) in [6, 6.07) is 0. The van der Waals surface area contributed by atoms with Crippen LogP contribution in [0.25, 0.3) is 0 Å². The number of piperidine rings is 1. The van der Waals surface area contributed by atoms with Gasteiger partial charge in [0.05, 0.1) is 0 Å². The fourth-order valence-corrected chi connectivity index (χ4v) is 2.77. The van der Waals surface area contributed by atoms with Crippen molar-refractivity contribution in [1.82, 2.24) is 4.98 Å². The zero-order valence-corrected chi connectivity index (χ0v) is 9.74. The van der Waals surface area contributed by atoms with Crippen LogP contribution in [0.1, 0.15) is 25.5 Å². The molecule has 1 aromatic rings. The van der Waals surface area contributed by atoms with Crippen molar-refractivity contribution in [2.24, 2.45) is 5.92 Å². The Hall–Kier alpha value is -0.780. The Morgan fingerprint density at radius 2 is 2.25 bits per heavy atom. The molecule has 2 nitrogen and oxygen atoms in total. The summed E-state index contributed by atoms with van der Waals surface area (Å²) in [5, 5.41) is 1.59. The molecule has 0 radical (unpaired) electrons. The highest BCUT2D eigenvalue weighted by atomic mass is 32.1. The van der Waals surface area contributed by atoms with Crippen molar-refractivity contribution in [3.63, 3.8) is 0 Å². The van der Waals surface area contributed by atoms with Crippen molar-refractivity contribution in [2.75, 3.05) is 18.0 Å². The predicted molar refractivity (Wildman–Crippen MR) is 57.7 cm³/mol. The largest absolute Gasteiger partial charge is 0.434 e. The molecule has 0 aromatic carbocycles. The van der Waals surface area contributed by atoms with E-state index in [-0.39, 0.29) is 0 Å². The van der Waals surface area contributed by atoms with Gasteiger partial charge in [-0.25, -0.2) is 4.98 Å². The van der Waals surface area contributed by atoms with Crippen LogP contribution in [0.3, 0.4) is 0 Å². The Labute approximate surface area is 96.1 Å². The lowest BCUT2D eigenvalue weighted by molar-refractivity contribution is -0.140. The van der Waals surface area contributed by atoms with Crippen molar-refractivity contribution < 1.29 is 13.2 Å². The number of hydrogen-bond acceptors (Lipinski definition) is 3. The minimum atomic E-state index is -4.32. The topological polar surface area (TPSA) is 16.1 Å². The number of thiazole rings is 1. The summed E-state index contributed by atoms with van der Waals surface area (Å²) in [6.07, 6.45) is -2.15. The van der Waals surface area contributed by atoms with Crippen LogP contribution in [0.5, 0.6) is 0 Å². The third-order valence-corrected chi connectivity index (χ3v) is 3.61. The van der Waals surface area contributed by atoms with Gasteiger partial charge in [-0.15, -0.1) is 11.3 Å². The Kier molecular flexibility index (Phi) is 3.10. The first kappa shape index (κ1) is 11.7. The van der Waals surface area contributed by atoms with Gasteiger partial charge in [0.25, 0.3) is 0 Å². The average Bonchev–Trinajstić information content (AvgIpc) is 2.65. The molecule has 0 saturated carbocycles. The van der Waals surface area contributed by atoms with Gasteiger partial charge in [0, 0.05) is 18.5 Å². The molecule has 0 aliphatic carbocycles. The molecule has 6 heteroatoms. The first-order valence-electron chi connectivity index (χ1n) is 5.24. The van der Waals surface area contributed by atoms with E-state index in [1.807, 2.05) is 4.90 Å². The molecule has 1 saturated heterocycles. The summed E-state index contributed by atoms with van der Waals surface area (Å²) in [5.41, 5.74) is -0.772. The summed E-state index contributed by atoms with van der Waals surface area (Å²) in [6.45, 7) is 3.74. The lowest BCUT2D eigenvalue weighted by atomic mass is 10.0. The van der Waals surface area contributed by atoms with Crippen LogP contribution in [-0.2, 0) is 6.18 Å². The summed E-state index contributed by atoms with van der Waals surface area (Å²) >= 11 is 1.08. The SMILES string of the molecule is C[C@@H]1CCCN(c2nc(C(F)(F)F)cs2)C1. The molecule has 1 atom stereocenters. The maximum absolute atomic E-state index is 12.4. The Morgan fingerprint density at radius 3 is 2.81 bits per heavy atom. The summed E-state index contributed by atoms with van der Waals surface area (Å²) in [4.78, 5) is 5.61. The van der Waals surface area contributed by atoms with Gasteiger partial charge in [0.1, 0.15) is 0 Å². The van der Waals surface area contributed by atoms with Crippen LogP contribution in [0.2, 0.25) is 0 Å². The molecule has 1 aromatic heterocycles. The van der Waals surface area contributed by atoms with Crippen molar-refractivity contribution >= 4 is 16.5 Å². The Bertz CT molecular complexity index is 361. The Morgan fingerprint density at radius 1 is 1.50 bits per heavy atom. The van der Waals surface area contributed by atoms with Gasteiger partial charge in [-0.2, -0.15) is 13.2 Å². The van der Waals surface area contributed by atoms with E-state index >= 15 is 0 Å². The monoisotopic (exact) mass is 250 g/mol. The normalized spacial score (nSPS) is 22.5. The van der Waals surface area contributed by atoms with Gasteiger partial charge < -0.3 is 4.90 Å². The number of nitrogens with zero attached hydrogens (tertiary/aromatic N) is 2. The van der Waals surface area contributed by atoms with Crippen LogP contribution in [0.15, 0.2) is 5.38 Å². The molecule has 1 aliphatic rings. The minimum Gasteiger partial charge on any atom is -0.348 e. The molecule has 16 heavy (non-hydrogen) atoms. The van der Waals surface area contributed by atoms with E-state index < -0.39 is 11.9 Å². The first-order chi connectivity index (χ1) is 7.47. The summed E-state index contributed by atoms with van der Waals surface area (Å²) in [7, 11) is 0. The smallest absolute Gasteiger partial charge is 0.348 e. The molecule has 0 amide bonds. The van der Waals surface area contributed by atoms with Crippen molar-refractivity contribution in [1.29, 1.82) is 0 Å². The summed E-state index contributed by atoms with van der Waals surface area (Å²) < 4.78 is 37.1. The second-order valence-electron chi connectivity index (χ2n) is 4.21. The second kappa shape index (κ2) is 4.24. The number of alkyl halides is 3. The molecule has 1 aliphatic heterocycles. The van der Waals surface area contributed by atoms with Crippen molar-refractivity contribution in [3.8, 4) is 0 Å². The number of anilines is 1. The maximum atomic E-state index is 12.4. The minimum absolute atomic E-state index is 0.499. The molecule has 0 N–H and O–H groups in total. The fourth-order valence-electron chi connectivity index (χ4n) is 1.90. The molecule has 90 valence electrons. The zero-order chi connectivity index (χ0) is 11.8. The van der Waals surface area contributed by atoms with Gasteiger partial charge >= 0.3 is 6.18 Å². The summed E-state index contributed by atoms with van der Waals surface area (Å²) in [5.74, 6) is 0.534. The predicted octanol–water partition coefficient (Wildman–Crippen LogP) is 3.40. The van der Waals surface area contributed by atoms with E-state index in [2.05, 4.69) is 11.9 Å². The molecule has 2 heterocycles. The highest BCUT2D eigenvalue weighted by molar-refractivity contribution is 7.13. The first-order valence-corrected chi connectivity index (χ1v) is 6.12. The fraction of sp³-hybridized carbons (Fsp3) is 0.700. The van der Waals surface area contributed by atoms with Crippen LogP contribution in [0, 0.1) is 5.92 Å². The second-order valence-corrected chi connectivity index (χ2v) is 5.04. The van der Waals surface area contributed by atoms with Gasteiger partial charge in [-0.3, -0.25) is 0 Å². The molecule has 2 rings (SSSR count). The molecular weight excluding hydrogens is 237 g/mol. The molecule has 0 bridgehead atoms. The number of hydrogen-bond donors (Lipinski definition) is 0. The van der Waals surface area contributed by atoms with Crippen LogP contribution in [0.4, 0.5) is 18.3 Å². The van der Waals surface area contributed by atoms with Gasteiger partial charge in [-0.1, -0.05) is 6.92 Å². The van der Waals surface area contributed by atoms with Crippen molar-refractivity contribution in [3.05, 3.63) is 11.1 Å². The van der Waals surface area contributed by atoms with E-state index in [1.54, 1.807) is 0 Å². The maximum Gasteiger partial charge on any atom is 0.434 e. The number of rotatable bonds is 1. The highest BCUT2D eigenvalue weighted by Gasteiger charge is 2.34. The van der Waals surface area contributed by atoms with Crippen molar-refractivity contribution in [2.45, 2.75) is 25.9 Å². The van der Waals surface area contributed by atoms with E-state index in [0.717, 1.165) is 42.6 Å². The average molecular weight is 250 g/mol. The van der Waals surface area contributed by atoms with Crippen LogP contribution in [-0.4, -0.2) is 18.1 Å². The molecule has 0 spiro atoms. The number of aromatic nitrogens is 1. The molecular formula is C10H13F3N2S. The third kappa shape index (κ3) is 2.48. The lowest BCUT2D eigenvalue weighted by Crippen LogP contribution is -2.34. The van der Waals surface area contributed by atoms with E-state index in [0.29, 0.717) is 11.0 Å². The van der Waals surface area contributed by atoms with E-state index in [1.165, 1.54) is 0 Å². The van der Waals surface area contributed by atoms with Crippen LogP contribution < -0.4 is 4.90 Å². The Balaban J connectivity index is 2.12. The third-order valence-electron chi connectivity index (χ3n) is 2.71. The van der Waals surface area contributed by atoms with Gasteiger partial charge in [0.15, 0.2) is 10.8 Å². The standard InChI is InChI=1S/C10H13F3N2S/c1-7-3-2-4-15(5-7)9-14-8(6-16-9)10(11,12)13/h6-7H,2-5H2,1H3/t7-/m1/s1. The van der Waals surface area contributed by atoms with Gasteiger partial charge in [0.2, 0.25) is 0 Å². The van der Waals surface area contributed by atoms with Crippen LogP contribution >= 0.6 is 11.3 Å². The zero-order valence-electron chi connectivity index (χ0n) is 8.92. The quantitative estimate of drug-likeness (QED) is 0.759. The molecule has 1 fully saturated rings. The van der Waals surface area contributed by atoms with E-state index in [9.17, 15) is 13.2 Å². The number of halogens is 3. The van der Waals surface area contributed by atoms with Gasteiger partial charge in [-0.05, 0) is 18.8 Å². The highest BCUT2D eigenvalue weighted by Crippen LogP contribution is 2.34. The van der Waals surface area contributed by atoms with E-state index in [4.69, 9.17) is 0 Å². The lowest BCUT2D eigenvalue weighted by Gasteiger charge is -2.30. The molecule has 0 unspecified atom stereocenters.